The number of nitrogens with zero attached hydrogens (tertiary/aromatic N) is 2. The molecule has 1 aromatic carbocycles. The monoisotopic (exact) mass is 258 g/mol. The third kappa shape index (κ3) is 2.37. The van der Waals surface area contributed by atoms with E-state index in [9.17, 15) is 4.79 Å². The van der Waals surface area contributed by atoms with Gasteiger partial charge in [-0.25, -0.2) is 0 Å². The fraction of sp³-hybridized carbons (Fsp3) is 0.231. The van der Waals surface area contributed by atoms with E-state index in [0.29, 0.717) is 24.7 Å². The van der Waals surface area contributed by atoms with Gasteiger partial charge in [-0.2, -0.15) is 0 Å². The van der Waals surface area contributed by atoms with Crippen LogP contribution in [-0.4, -0.2) is 30.7 Å². The van der Waals surface area contributed by atoms with Crippen LogP contribution in [0.25, 0.3) is 11.3 Å². The highest BCUT2D eigenvalue weighted by molar-refractivity contribution is 5.82. The number of rotatable bonds is 2. The van der Waals surface area contributed by atoms with E-state index in [0.717, 1.165) is 17.8 Å². The molecule has 1 fully saturated rings. The third-order valence-electron chi connectivity index (χ3n) is 3.09. The van der Waals surface area contributed by atoms with Gasteiger partial charge in [-0.1, -0.05) is 17.3 Å². The Balaban J connectivity index is 1.80. The molecule has 1 aliphatic heterocycles. The summed E-state index contributed by atoms with van der Waals surface area (Å²) >= 11 is 0. The number of aromatic nitrogens is 1. The van der Waals surface area contributed by atoms with E-state index in [2.05, 4.69) is 10.5 Å². The lowest BCUT2D eigenvalue weighted by molar-refractivity contribution is -0.120. The largest absolute Gasteiger partial charge is 0.368 e. The summed E-state index contributed by atoms with van der Waals surface area (Å²) in [5.74, 6) is 0.353. The lowest BCUT2D eigenvalue weighted by Crippen LogP contribution is -2.47. The van der Waals surface area contributed by atoms with Crippen molar-refractivity contribution in [1.29, 1.82) is 0 Å². The predicted molar refractivity (Wildman–Crippen MR) is 71.6 cm³/mol. The molecule has 0 saturated carbocycles. The molecule has 0 aliphatic carbocycles. The normalized spacial score (nSPS) is 15.4. The van der Waals surface area contributed by atoms with Crippen LogP contribution in [0.15, 0.2) is 34.9 Å². The molecular weight excluding hydrogens is 244 g/mol. The molecule has 0 atom stereocenters. The van der Waals surface area contributed by atoms with Crippen molar-refractivity contribution in [2.75, 3.05) is 30.3 Å². The second-order valence-corrected chi connectivity index (χ2v) is 4.43. The summed E-state index contributed by atoms with van der Waals surface area (Å²) in [5, 5.41) is 6.67. The van der Waals surface area contributed by atoms with Crippen molar-refractivity contribution in [2.24, 2.45) is 0 Å². The summed E-state index contributed by atoms with van der Waals surface area (Å²) in [7, 11) is 0. The van der Waals surface area contributed by atoms with Crippen LogP contribution >= 0.6 is 0 Å². The molecule has 6 heteroatoms. The van der Waals surface area contributed by atoms with Gasteiger partial charge < -0.3 is 20.5 Å². The average molecular weight is 258 g/mol. The van der Waals surface area contributed by atoms with Gasteiger partial charge in [0.15, 0.2) is 0 Å². The van der Waals surface area contributed by atoms with Crippen LogP contribution in [0.3, 0.4) is 0 Å². The Bertz CT molecular complexity index is 591. The second kappa shape index (κ2) is 4.64. The first-order valence-corrected chi connectivity index (χ1v) is 6.06. The minimum absolute atomic E-state index is 0.0552. The number of nitrogens with two attached hydrogens (primary N) is 1. The van der Waals surface area contributed by atoms with Crippen LogP contribution in [0.5, 0.6) is 0 Å². The van der Waals surface area contributed by atoms with E-state index < -0.39 is 0 Å². The van der Waals surface area contributed by atoms with Gasteiger partial charge in [0.25, 0.3) is 0 Å². The molecule has 1 amide bonds. The minimum Gasteiger partial charge on any atom is -0.368 e. The Morgan fingerprint density at radius 2 is 2.11 bits per heavy atom. The molecule has 6 nitrogen and oxygen atoms in total. The summed E-state index contributed by atoms with van der Waals surface area (Å²) in [6, 6.07) is 9.51. The van der Waals surface area contributed by atoms with Gasteiger partial charge >= 0.3 is 0 Å². The lowest BCUT2D eigenvalue weighted by atomic mass is 10.1. The number of hydrogen-bond donors (Lipinski definition) is 2. The van der Waals surface area contributed by atoms with Crippen LogP contribution in [0.2, 0.25) is 0 Å². The Kier molecular flexibility index (Phi) is 2.83. The van der Waals surface area contributed by atoms with Gasteiger partial charge in [0.1, 0.15) is 5.69 Å². The maximum absolute atomic E-state index is 11.3. The molecule has 0 unspecified atom stereocenters. The predicted octanol–water partition coefficient (Wildman–Crippen LogP) is 0.860. The fourth-order valence-corrected chi connectivity index (χ4v) is 2.13. The topological polar surface area (TPSA) is 84.4 Å². The van der Waals surface area contributed by atoms with Crippen molar-refractivity contribution in [2.45, 2.75) is 0 Å². The van der Waals surface area contributed by atoms with Crippen LogP contribution in [0.4, 0.5) is 11.6 Å². The molecule has 1 saturated heterocycles. The first-order chi connectivity index (χ1) is 9.22. The Hall–Kier alpha value is -2.50. The molecular formula is C13H14N4O2. The molecule has 0 bridgehead atoms. The highest BCUT2D eigenvalue weighted by Gasteiger charge is 2.16. The van der Waals surface area contributed by atoms with Crippen LogP contribution in [0, 0.1) is 0 Å². The van der Waals surface area contributed by atoms with Gasteiger partial charge in [0.2, 0.25) is 11.8 Å². The number of amides is 1. The number of carbonyl (C=O) groups is 1. The zero-order valence-corrected chi connectivity index (χ0v) is 10.3. The molecule has 1 aliphatic rings. The first kappa shape index (κ1) is 11.6. The molecule has 98 valence electrons. The van der Waals surface area contributed by atoms with Gasteiger partial charge in [-0.15, -0.1) is 0 Å². The molecule has 0 radical (unpaired) electrons. The molecule has 19 heavy (non-hydrogen) atoms. The highest BCUT2D eigenvalue weighted by Crippen LogP contribution is 2.23. The van der Waals surface area contributed by atoms with Crippen molar-refractivity contribution < 1.29 is 9.32 Å². The maximum Gasteiger partial charge on any atom is 0.239 e. The second-order valence-electron chi connectivity index (χ2n) is 4.43. The number of nitrogens with one attached hydrogen (secondary N) is 1. The van der Waals surface area contributed by atoms with Crippen molar-refractivity contribution in [3.63, 3.8) is 0 Å². The standard InChI is InChI=1S/C13H14N4O2/c14-12-7-11(16-19-12)9-1-3-10(4-2-9)17-6-5-15-13(18)8-17/h1-4,7H,5-6,8,14H2,(H,15,18). The lowest BCUT2D eigenvalue weighted by Gasteiger charge is -2.28. The van der Waals surface area contributed by atoms with Gasteiger partial charge in [0.05, 0.1) is 6.54 Å². The van der Waals surface area contributed by atoms with E-state index >= 15 is 0 Å². The third-order valence-corrected chi connectivity index (χ3v) is 3.09. The zero-order chi connectivity index (χ0) is 13.2. The Morgan fingerprint density at radius 1 is 1.32 bits per heavy atom. The van der Waals surface area contributed by atoms with Crippen molar-refractivity contribution in [3.8, 4) is 11.3 Å². The van der Waals surface area contributed by atoms with Crippen LogP contribution < -0.4 is 16.0 Å². The SMILES string of the molecule is Nc1cc(-c2ccc(N3CCNC(=O)C3)cc2)no1. The van der Waals surface area contributed by atoms with E-state index in [-0.39, 0.29) is 5.91 Å². The highest BCUT2D eigenvalue weighted by atomic mass is 16.5. The van der Waals surface area contributed by atoms with E-state index in [1.807, 2.05) is 29.2 Å². The summed E-state index contributed by atoms with van der Waals surface area (Å²) in [6.45, 7) is 1.90. The number of anilines is 2. The summed E-state index contributed by atoms with van der Waals surface area (Å²) < 4.78 is 4.84. The number of benzene rings is 1. The van der Waals surface area contributed by atoms with Gasteiger partial charge in [0, 0.05) is 30.4 Å². The van der Waals surface area contributed by atoms with E-state index in [1.54, 1.807) is 6.07 Å². The molecule has 2 heterocycles. The van der Waals surface area contributed by atoms with Crippen molar-refractivity contribution >= 4 is 17.5 Å². The summed E-state index contributed by atoms with van der Waals surface area (Å²) in [5.41, 5.74) is 8.16. The first-order valence-electron chi connectivity index (χ1n) is 6.06. The Labute approximate surface area is 110 Å². The molecule has 3 N–H and O–H groups in total. The van der Waals surface area contributed by atoms with Gasteiger partial charge in [-0.3, -0.25) is 4.79 Å². The van der Waals surface area contributed by atoms with E-state index in [1.165, 1.54) is 0 Å². The summed E-state index contributed by atoms with van der Waals surface area (Å²) in [6.07, 6.45) is 0. The molecule has 3 rings (SSSR count). The fourth-order valence-electron chi connectivity index (χ4n) is 2.13. The van der Waals surface area contributed by atoms with Crippen molar-refractivity contribution in [1.82, 2.24) is 10.5 Å². The number of nitrogen functional groups attached to an aromatic ring is 1. The van der Waals surface area contributed by atoms with Crippen molar-refractivity contribution in [3.05, 3.63) is 30.3 Å². The minimum atomic E-state index is 0.0552. The number of piperazine rings is 1. The Morgan fingerprint density at radius 3 is 2.74 bits per heavy atom. The molecule has 1 aromatic heterocycles. The maximum atomic E-state index is 11.3. The van der Waals surface area contributed by atoms with Gasteiger partial charge in [-0.05, 0) is 12.1 Å². The summed E-state index contributed by atoms with van der Waals surface area (Å²) in [4.78, 5) is 13.4. The van der Waals surface area contributed by atoms with Crippen LogP contribution in [0.1, 0.15) is 0 Å². The smallest absolute Gasteiger partial charge is 0.239 e. The van der Waals surface area contributed by atoms with Crippen LogP contribution in [-0.2, 0) is 4.79 Å². The van der Waals surface area contributed by atoms with E-state index in [4.69, 9.17) is 10.3 Å². The molecule has 2 aromatic rings. The number of hydrogen-bond acceptors (Lipinski definition) is 5. The number of carbonyl (C=O) groups excluding carboxylic acids is 1. The zero-order valence-electron chi connectivity index (χ0n) is 10.3. The average Bonchev–Trinajstić information content (AvgIpc) is 2.86. The quantitative estimate of drug-likeness (QED) is 0.834. The molecule has 0 spiro atoms.